The van der Waals surface area contributed by atoms with Gasteiger partial charge in [-0.2, -0.15) is 0 Å². The molecule has 0 spiro atoms. The predicted octanol–water partition coefficient (Wildman–Crippen LogP) is 4.12. The summed E-state index contributed by atoms with van der Waals surface area (Å²) in [7, 11) is 0. The maximum Gasteiger partial charge on any atom is 0.0271 e. The minimum atomic E-state index is 0.203. The van der Waals surface area contributed by atoms with Crippen molar-refractivity contribution in [2.45, 2.75) is 60.0 Å². The zero-order valence-corrected chi connectivity index (χ0v) is 12.8. The second kappa shape index (κ2) is 5.83. The highest BCUT2D eigenvalue weighted by molar-refractivity contribution is 5.10. The fourth-order valence-electron chi connectivity index (χ4n) is 1.83. The van der Waals surface area contributed by atoms with E-state index in [1.807, 2.05) is 12.4 Å². The van der Waals surface area contributed by atoms with Gasteiger partial charge < -0.3 is 0 Å². The van der Waals surface area contributed by atoms with Gasteiger partial charge in [0.1, 0.15) is 0 Å². The van der Waals surface area contributed by atoms with Crippen LogP contribution < -0.4 is 0 Å². The highest BCUT2D eigenvalue weighted by atomic mass is 15.2. The van der Waals surface area contributed by atoms with Crippen molar-refractivity contribution in [1.82, 2.24) is 9.88 Å². The predicted molar refractivity (Wildman–Crippen MR) is 78.5 cm³/mol. The van der Waals surface area contributed by atoms with E-state index in [0.29, 0.717) is 5.41 Å². The van der Waals surface area contributed by atoms with E-state index < -0.39 is 0 Å². The van der Waals surface area contributed by atoms with Crippen molar-refractivity contribution >= 4 is 0 Å². The summed E-state index contributed by atoms with van der Waals surface area (Å²) >= 11 is 0. The van der Waals surface area contributed by atoms with E-state index >= 15 is 0 Å². The third-order valence-corrected chi connectivity index (χ3v) is 3.20. The molecule has 2 nitrogen and oxygen atoms in total. The van der Waals surface area contributed by atoms with Crippen LogP contribution in [0.5, 0.6) is 0 Å². The minimum absolute atomic E-state index is 0.203. The molecule has 0 saturated carbocycles. The molecule has 0 bridgehead atoms. The molecule has 0 fully saturated rings. The van der Waals surface area contributed by atoms with Crippen LogP contribution in [0.1, 0.15) is 53.5 Å². The lowest BCUT2D eigenvalue weighted by molar-refractivity contribution is 0.110. The van der Waals surface area contributed by atoms with E-state index in [2.05, 4.69) is 63.6 Å². The Morgan fingerprint density at radius 3 is 2.00 bits per heavy atom. The van der Waals surface area contributed by atoms with Crippen LogP contribution in [0.3, 0.4) is 0 Å². The minimum Gasteiger partial charge on any atom is -0.294 e. The zero-order chi connectivity index (χ0) is 13.8. The number of nitrogens with zero attached hydrogens (tertiary/aromatic N) is 2. The van der Waals surface area contributed by atoms with E-state index in [4.69, 9.17) is 0 Å². The summed E-state index contributed by atoms with van der Waals surface area (Å²) < 4.78 is 0. The summed E-state index contributed by atoms with van der Waals surface area (Å²) in [4.78, 5) is 6.63. The first kappa shape index (κ1) is 15.2. The Morgan fingerprint density at radius 2 is 1.56 bits per heavy atom. The Balaban J connectivity index is 2.68. The van der Waals surface area contributed by atoms with Gasteiger partial charge in [0.05, 0.1) is 0 Å². The lowest BCUT2D eigenvalue weighted by Gasteiger charge is -2.37. The highest BCUT2D eigenvalue weighted by Gasteiger charge is 2.23. The Labute approximate surface area is 112 Å². The maximum atomic E-state index is 4.08. The molecule has 1 aromatic heterocycles. The van der Waals surface area contributed by atoms with Gasteiger partial charge in [0.2, 0.25) is 0 Å². The van der Waals surface area contributed by atoms with Gasteiger partial charge in [0.25, 0.3) is 0 Å². The largest absolute Gasteiger partial charge is 0.294 e. The molecule has 0 N–H and O–H groups in total. The average Bonchev–Trinajstić information content (AvgIpc) is 2.22. The van der Waals surface area contributed by atoms with Crippen molar-refractivity contribution in [1.29, 1.82) is 0 Å². The van der Waals surface area contributed by atoms with Crippen LogP contribution in [-0.2, 0) is 6.54 Å². The van der Waals surface area contributed by atoms with E-state index in [0.717, 1.165) is 13.1 Å². The van der Waals surface area contributed by atoms with Gasteiger partial charge in [-0.25, -0.2) is 0 Å². The standard InChI is InChI=1S/C16H28N2/c1-15(2,3)9-12-18(16(4,5)6)13-14-7-10-17-11-8-14/h7-8,10-11H,9,12-13H2,1-6H3. The number of aromatic nitrogens is 1. The van der Waals surface area contributed by atoms with Gasteiger partial charge in [0, 0.05) is 24.5 Å². The lowest BCUT2D eigenvalue weighted by Crippen LogP contribution is -2.42. The van der Waals surface area contributed by atoms with Gasteiger partial charge in [-0.1, -0.05) is 20.8 Å². The number of pyridine rings is 1. The second-order valence-electron chi connectivity index (χ2n) is 7.26. The van der Waals surface area contributed by atoms with E-state index in [1.54, 1.807) is 0 Å². The molecule has 0 atom stereocenters. The molecule has 102 valence electrons. The van der Waals surface area contributed by atoms with Gasteiger partial charge in [-0.15, -0.1) is 0 Å². The SMILES string of the molecule is CC(C)(C)CCN(Cc1ccncc1)C(C)(C)C. The molecule has 1 rings (SSSR count). The quantitative estimate of drug-likeness (QED) is 0.797. The van der Waals surface area contributed by atoms with Crippen molar-refractivity contribution in [2.24, 2.45) is 5.41 Å². The first-order valence-corrected chi connectivity index (χ1v) is 6.82. The molecule has 0 aliphatic carbocycles. The molecule has 0 aromatic carbocycles. The molecule has 1 heterocycles. The summed E-state index contributed by atoms with van der Waals surface area (Å²) in [6.07, 6.45) is 4.97. The van der Waals surface area contributed by atoms with Gasteiger partial charge in [0.15, 0.2) is 0 Å². The monoisotopic (exact) mass is 248 g/mol. The van der Waals surface area contributed by atoms with Gasteiger partial charge >= 0.3 is 0 Å². The molecular formula is C16H28N2. The summed E-state index contributed by atoms with van der Waals surface area (Å²) in [5.41, 5.74) is 1.94. The topological polar surface area (TPSA) is 16.1 Å². The molecule has 0 aliphatic rings. The maximum absolute atomic E-state index is 4.08. The summed E-state index contributed by atoms with van der Waals surface area (Å²) in [6, 6.07) is 4.21. The molecule has 0 saturated heterocycles. The van der Waals surface area contributed by atoms with E-state index in [-0.39, 0.29) is 5.54 Å². The van der Waals surface area contributed by atoms with Crippen LogP contribution in [0, 0.1) is 5.41 Å². The molecule has 0 amide bonds. The molecule has 0 radical (unpaired) electrons. The molecule has 18 heavy (non-hydrogen) atoms. The van der Waals surface area contributed by atoms with Crippen molar-refractivity contribution < 1.29 is 0 Å². The van der Waals surface area contributed by atoms with Crippen molar-refractivity contribution in [3.05, 3.63) is 30.1 Å². The lowest BCUT2D eigenvalue weighted by atomic mass is 9.91. The van der Waals surface area contributed by atoms with Crippen LogP contribution >= 0.6 is 0 Å². The first-order chi connectivity index (χ1) is 8.18. The van der Waals surface area contributed by atoms with Crippen molar-refractivity contribution in [3.8, 4) is 0 Å². The third kappa shape index (κ3) is 5.63. The Bertz CT molecular complexity index is 344. The Kier molecular flexibility index (Phi) is 4.92. The normalized spacial score (nSPS) is 13.1. The fraction of sp³-hybridized carbons (Fsp3) is 0.688. The molecule has 0 unspecified atom stereocenters. The van der Waals surface area contributed by atoms with Gasteiger partial charge in [-0.3, -0.25) is 9.88 Å². The van der Waals surface area contributed by atoms with Crippen LogP contribution in [-0.4, -0.2) is 22.0 Å². The zero-order valence-electron chi connectivity index (χ0n) is 12.8. The average molecular weight is 248 g/mol. The molecular weight excluding hydrogens is 220 g/mol. The second-order valence-corrected chi connectivity index (χ2v) is 7.26. The summed E-state index contributed by atoms with van der Waals surface area (Å²) in [5.74, 6) is 0. The van der Waals surface area contributed by atoms with Crippen molar-refractivity contribution in [3.63, 3.8) is 0 Å². The third-order valence-electron chi connectivity index (χ3n) is 3.20. The molecule has 2 heteroatoms. The van der Waals surface area contributed by atoms with Crippen LogP contribution in [0.25, 0.3) is 0 Å². The molecule has 1 aromatic rings. The summed E-state index contributed by atoms with van der Waals surface area (Å²) in [6.45, 7) is 15.9. The van der Waals surface area contributed by atoms with E-state index in [1.165, 1.54) is 12.0 Å². The van der Waals surface area contributed by atoms with Gasteiger partial charge in [-0.05, 0) is 56.8 Å². The summed E-state index contributed by atoms with van der Waals surface area (Å²) in [5, 5.41) is 0. The number of rotatable bonds is 4. The number of hydrogen-bond donors (Lipinski definition) is 0. The van der Waals surface area contributed by atoms with Crippen LogP contribution in [0.2, 0.25) is 0 Å². The Morgan fingerprint density at radius 1 is 1.00 bits per heavy atom. The molecule has 0 aliphatic heterocycles. The van der Waals surface area contributed by atoms with Crippen LogP contribution in [0.15, 0.2) is 24.5 Å². The van der Waals surface area contributed by atoms with E-state index in [9.17, 15) is 0 Å². The first-order valence-electron chi connectivity index (χ1n) is 6.82. The van der Waals surface area contributed by atoms with Crippen LogP contribution in [0.4, 0.5) is 0 Å². The smallest absolute Gasteiger partial charge is 0.0271 e. The highest BCUT2D eigenvalue weighted by Crippen LogP contribution is 2.23. The van der Waals surface area contributed by atoms with Crippen molar-refractivity contribution in [2.75, 3.05) is 6.54 Å². The fourth-order valence-corrected chi connectivity index (χ4v) is 1.83. The number of hydrogen-bond acceptors (Lipinski definition) is 2. The Hall–Kier alpha value is -0.890.